The number of halogens is 1. The van der Waals surface area contributed by atoms with E-state index in [-0.39, 0.29) is 0 Å². The van der Waals surface area contributed by atoms with Gasteiger partial charge in [-0.2, -0.15) is 8.42 Å². The van der Waals surface area contributed by atoms with Gasteiger partial charge in [-0.25, -0.2) is 0 Å². The molecule has 0 aromatic rings. The summed E-state index contributed by atoms with van der Waals surface area (Å²) in [6.07, 6.45) is 0. The van der Waals surface area contributed by atoms with Gasteiger partial charge < -0.3 is 0 Å². The van der Waals surface area contributed by atoms with E-state index >= 15 is 0 Å². The van der Waals surface area contributed by atoms with Gasteiger partial charge in [-0.15, -0.1) is 0 Å². The average Bonchev–Trinajstić information content (AvgIpc) is 1.62. The second-order valence-electron chi connectivity index (χ2n) is 1.03. The lowest BCUT2D eigenvalue weighted by molar-refractivity contribution is -0.0234. The molecule has 0 N–H and O–H groups in total. The molecule has 8 heavy (non-hydrogen) atoms. The molecule has 0 rings (SSSR count). The van der Waals surface area contributed by atoms with Crippen LogP contribution in [0, 0.1) is 0 Å². The molecule has 0 spiro atoms. The molecule has 0 fully saturated rings. The minimum atomic E-state index is -3.67. The van der Waals surface area contributed by atoms with Crippen LogP contribution in [-0.4, -0.2) is 27.0 Å². The zero-order valence-electron chi connectivity index (χ0n) is 4.46. The van der Waals surface area contributed by atoms with E-state index in [0.717, 1.165) is 0 Å². The van der Waals surface area contributed by atoms with Gasteiger partial charge in [-0.1, -0.05) is 4.47 Å². The summed E-state index contributed by atoms with van der Waals surface area (Å²) in [6.45, 7) is 0. The summed E-state index contributed by atoms with van der Waals surface area (Å²) in [6, 6.07) is 0. The minimum absolute atomic E-state index is 0.550. The quantitative estimate of drug-likeness (QED) is 0.420. The van der Waals surface area contributed by atoms with E-state index in [1.54, 1.807) is 0 Å². The third-order valence-corrected chi connectivity index (χ3v) is 1.91. The van der Waals surface area contributed by atoms with Gasteiger partial charge in [0.15, 0.2) is 0 Å². The molecule has 0 unspecified atom stereocenters. The van der Waals surface area contributed by atoms with E-state index in [9.17, 15) is 8.42 Å². The number of rotatable bonds is 2. The van der Waals surface area contributed by atoms with Crippen LogP contribution in [0.2, 0.25) is 0 Å². The Morgan fingerprint density at radius 3 is 2.00 bits per heavy atom. The van der Waals surface area contributed by atoms with Gasteiger partial charge in [0.05, 0.1) is 7.11 Å². The van der Waals surface area contributed by atoms with Crippen LogP contribution in [0.5, 0.6) is 0 Å². The lowest BCUT2D eigenvalue weighted by Gasteiger charge is -2.05. The van der Waals surface area contributed by atoms with Crippen molar-refractivity contribution in [2.24, 2.45) is 0 Å². The van der Waals surface area contributed by atoms with Gasteiger partial charge >= 0.3 is 9.24 Å². The van der Waals surface area contributed by atoms with Crippen LogP contribution in [0.1, 0.15) is 0 Å². The van der Waals surface area contributed by atoms with E-state index < -0.39 is 9.24 Å². The van der Waals surface area contributed by atoms with Crippen LogP contribution in [0.25, 0.3) is 0 Å². The Balaban J connectivity index is 4.04. The summed E-state index contributed by atoms with van der Waals surface area (Å²) in [5.41, 5.74) is 0. The van der Waals surface area contributed by atoms with Crippen LogP contribution in [-0.2, 0) is 14.1 Å². The first-order valence-electron chi connectivity index (χ1n) is 1.71. The second kappa shape index (κ2) is 2.63. The van der Waals surface area contributed by atoms with E-state index in [0.29, 0.717) is 4.47 Å². The zero-order chi connectivity index (χ0) is 6.78. The summed E-state index contributed by atoms with van der Waals surface area (Å²) in [4.78, 5) is 4.23. The topological polar surface area (TPSA) is 46.6 Å². The van der Waals surface area contributed by atoms with Gasteiger partial charge in [0.2, 0.25) is 0 Å². The summed E-state index contributed by atoms with van der Waals surface area (Å²) in [7, 11) is 3.49. The van der Waals surface area contributed by atoms with E-state index in [1.807, 2.05) is 0 Å². The monoisotopic (exact) mass is 159 g/mol. The van der Waals surface area contributed by atoms with Gasteiger partial charge in [-0.3, -0.25) is 4.84 Å². The molecular weight excluding hydrogens is 154 g/mol. The Kier molecular flexibility index (Phi) is 2.68. The molecule has 0 aromatic heterocycles. The summed E-state index contributed by atoms with van der Waals surface area (Å²) >= 11 is 0. The summed E-state index contributed by atoms with van der Waals surface area (Å²) in [5.74, 6) is 0. The third kappa shape index (κ3) is 2.46. The van der Waals surface area contributed by atoms with Crippen LogP contribution in [0.15, 0.2) is 0 Å². The molecule has 4 nitrogen and oxygen atoms in total. The van der Waals surface area contributed by atoms with E-state index in [4.69, 9.17) is 10.7 Å². The second-order valence-corrected chi connectivity index (χ2v) is 3.54. The molecule has 6 heteroatoms. The molecule has 0 aliphatic heterocycles. The lowest BCUT2D eigenvalue weighted by Crippen LogP contribution is -2.20. The SMILES string of the molecule is CON(C)S(=O)(=O)Cl. The number of hydroxylamine groups is 1. The average molecular weight is 160 g/mol. The van der Waals surface area contributed by atoms with Gasteiger partial charge in [0.1, 0.15) is 0 Å². The van der Waals surface area contributed by atoms with Crippen molar-refractivity contribution < 1.29 is 13.3 Å². The highest BCUT2D eigenvalue weighted by Gasteiger charge is 2.10. The highest BCUT2D eigenvalue weighted by atomic mass is 35.7. The molecule has 0 aliphatic rings. The molecule has 0 saturated heterocycles. The molecule has 0 heterocycles. The molecular formula is C2H6ClNO3S. The first kappa shape index (κ1) is 8.16. The highest BCUT2D eigenvalue weighted by molar-refractivity contribution is 8.11. The standard InChI is InChI=1S/C2H6ClNO3S/c1-4(7-2)8(3,5)6/h1-2H3. The van der Waals surface area contributed by atoms with Crippen molar-refractivity contribution in [2.75, 3.05) is 14.2 Å². The Bertz CT molecular complexity index is 153. The molecule has 0 aliphatic carbocycles. The predicted octanol–water partition coefficient (Wildman–Crippen LogP) is -0.0368. The maximum atomic E-state index is 10.1. The first-order chi connectivity index (χ1) is 3.48. The van der Waals surface area contributed by atoms with Crippen LogP contribution < -0.4 is 0 Å². The van der Waals surface area contributed by atoms with Crippen molar-refractivity contribution >= 4 is 19.9 Å². The zero-order valence-corrected chi connectivity index (χ0v) is 6.03. The van der Waals surface area contributed by atoms with Crippen molar-refractivity contribution in [1.29, 1.82) is 0 Å². The molecule has 0 aromatic carbocycles. The van der Waals surface area contributed by atoms with E-state index in [2.05, 4.69) is 4.84 Å². The first-order valence-corrected chi connectivity index (χ1v) is 3.97. The van der Waals surface area contributed by atoms with Crippen LogP contribution in [0.3, 0.4) is 0 Å². The number of hydrogen-bond acceptors (Lipinski definition) is 3. The Morgan fingerprint density at radius 1 is 1.62 bits per heavy atom. The Morgan fingerprint density at radius 2 is 2.00 bits per heavy atom. The highest BCUT2D eigenvalue weighted by Crippen LogP contribution is 2.00. The van der Waals surface area contributed by atoms with Crippen molar-refractivity contribution in [3.63, 3.8) is 0 Å². The molecule has 50 valence electrons. The largest absolute Gasteiger partial charge is 0.321 e. The van der Waals surface area contributed by atoms with Crippen molar-refractivity contribution in [1.82, 2.24) is 4.47 Å². The maximum Gasteiger partial charge on any atom is 0.321 e. The predicted molar refractivity (Wildman–Crippen MR) is 29.5 cm³/mol. The Labute approximate surface area is 52.5 Å². The Hall–Kier alpha value is 0.160. The third-order valence-electron chi connectivity index (χ3n) is 0.564. The molecule has 0 amide bonds. The number of nitrogens with zero attached hydrogens (tertiary/aromatic N) is 1. The molecule has 0 atom stereocenters. The van der Waals surface area contributed by atoms with Crippen molar-refractivity contribution in [3.05, 3.63) is 0 Å². The summed E-state index contributed by atoms with van der Waals surface area (Å²) < 4.78 is 20.8. The fraction of sp³-hybridized carbons (Fsp3) is 1.00. The molecule has 0 radical (unpaired) electrons. The molecule has 0 saturated carbocycles. The lowest BCUT2D eigenvalue weighted by atomic mass is 11.5. The van der Waals surface area contributed by atoms with Crippen LogP contribution in [0.4, 0.5) is 0 Å². The normalized spacial score (nSPS) is 12.5. The van der Waals surface area contributed by atoms with Crippen LogP contribution >= 0.6 is 10.7 Å². The fourth-order valence-corrected chi connectivity index (χ4v) is 0.436. The van der Waals surface area contributed by atoms with Crippen molar-refractivity contribution in [3.8, 4) is 0 Å². The van der Waals surface area contributed by atoms with Gasteiger partial charge in [0, 0.05) is 17.7 Å². The fourth-order valence-electron chi connectivity index (χ4n) is 0.0890. The van der Waals surface area contributed by atoms with Gasteiger partial charge in [-0.05, 0) is 0 Å². The number of hydrogen-bond donors (Lipinski definition) is 0. The van der Waals surface area contributed by atoms with E-state index in [1.165, 1.54) is 14.2 Å². The smallest absolute Gasteiger partial charge is 0.287 e. The molecule has 0 bridgehead atoms. The van der Waals surface area contributed by atoms with Gasteiger partial charge in [0.25, 0.3) is 0 Å². The maximum absolute atomic E-state index is 10.1. The summed E-state index contributed by atoms with van der Waals surface area (Å²) in [5, 5.41) is 0. The minimum Gasteiger partial charge on any atom is -0.287 e. The van der Waals surface area contributed by atoms with Crippen molar-refractivity contribution in [2.45, 2.75) is 0 Å².